The minimum absolute atomic E-state index is 0.511. The fraction of sp³-hybridized carbons (Fsp3) is 0.190. The lowest BCUT2D eigenvalue weighted by Crippen LogP contribution is -2.05. The van der Waals surface area contributed by atoms with Crippen LogP contribution in [0.5, 0.6) is 23.0 Å². The van der Waals surface area contributed by atoms with E-state index in [0.717, 1.165) is 16.7 Å². The molecule has 2 rings (SSSR count). The second-order valence-corrected chi connectivity index (χ2v) is 5.59. The highest BCUT2D eigenvalue weighted by molar-refractivity contribution is 5.91. The van der Waals surface area contributed by atoms with Crippen LogP contribution in [-0.2, 0) is 4.79 Å². The Kier molecular flexibility index (Phi) is 6.49. The third-order valence-corrected chi connectivity index (χ3v) is 4.02. The molecule has 0 saturated carbocycles. The van der Waals surface area contributed by atoms with E-state index in [1.54, 1.807) is 40.6 Å². The Morgan fingerprint density at radius 2 is 1.48 bits per heavy atom. The van der Waals surface area contributed by atoms with E-state index in [9.17, 15) is 4.79 Å². The molecule has 0 radical (unpaired) electrons. The molecular weight excluding hydrogens is 346 g/mol. The Morgan fingerprint density at radius 1 is 0.889 bits per heavy atom. The normalized spacial score (nSPS) is 10.5. The van der Waals surface area contributed by atoms with Crippen molar-refractivity contribution < 1.29 is 23.7 Å². The van der Waals surface area contributed by atoms with Crippen LogP contribution >= 0.6 is 0 Å². The molecule has 2 N–H and O–H groups in total. The van der Waals surface area contributed by atoms with E-state index in [4.69, 9.17) is 24.7 Å². The van der Waals surface area contributed by atoms with E-state index in [1.165, 1.54) is 6.08 Å². The van der Waals surface area contributed by atoms with Gasteiger partial charge in [-0.15, -0.1) is 0 Å². The van der Waals surface area contributed by atoms with Crippen LogP contribution in [0.2, 0.25) is 0 Å². The maximum absolute atomic E-state index is 11.1. The fourth-order valence-corrected chi connectivity index (χ4v) is 2.65. The summed E-state index contributed by atoms with van der Waals surface area (Å²) in [6, 6.07) is 9.20. The third-order valence-electron chi connectivity index (χ3n) is 4.02. The summed E-state index contributed by atoms with van der Waals surface area (Å²) in [5, 5.41) is 0. The van der Waals surface area contributed by atoms with Gasteiger partial charge in [0.1, 0.15) is 5.75 Å². The molecule has 2 aromatic carbocycles. The van der Waals surface area contributed by atoms with E-state index in [0.29, 0.717) is 28.6 Å². The highest BCUT2D eigenvalue weighted by atomic mass is 16.5. The lowest BCUT2D eigenvalue weighted by Gasteiger charge is -2.16. The summed E-state index contributed by atoms with van der Waals surface area (Å²) in [5.41, 5.74) is 8.29. The number of primary amides is 1. The zero-order valence-electron chi connectivity index (χ0n) is 15.9. The van der Waals surface area contributed by atoms with E-state index >= 15 is 0 Å². The number of methoxy groups -OCH3 is 4. The number of benzene rings is 2. The van der Waals surface area contributed by atoms with Crippen molar-refractivity contribution in [2.45, 2.75) is 0 Å². The van der Waals surface area contributed by atoms with Crippen molar-refractivity contribution >= 4 is 17.6 Å². The van der Waals surface area contributed by atoms with Crippen molar-refractivity contribution in [2.24, 2.45) is 5.73 Å². The molecule has 6 heteroatoms. The van der Waals surface area contributed by atoms with E-state index in [1.807, 2.05) is 24.3 Å². The molecular formula is C21H23NO5. The van der Waals surface area contributed by atoms with Gasteiger partial charge in [-0.25, -0.2) is 0 Å². The fourth-order valence-electron chi connectivity index (χ4n) is 2.65. The first-order valence-electron chi connectivity index (χ1n) is 8.10. The molecule has 0 fully saturated rings. The van der Waals surface area contributed by atoms with Crippen molar-refractivity contribution in [3.8, 4) is 23.0 Å². The zero-order chi connectivity index (χ0) is 20.0. The van der Waals surface area contributed by atoms with Crippen LogP contribution < -0.4 is 24.7 Å². The van der Waals surface area contributed by atoms with Crippen molar-refractivity contribution in [2.75, 3.05) is 28.4 Å². The van der Waals surface area contributed by atoms with Crippen LogP contribution in [0.1, 0.15) is 16.7 Å². The lowest BCUT2D eigenvalue weighted by atomic mass is 9.96. The van der Waals surface area contributed by atoms with Crippen LogP contribution in [0.3, 0.4) is 0 Å². The largest absolute Gasteiger partial charge is 0.496 e. The molecule has 27 heavy (non-hydrogen) atoms. The summed E-state index contributed by atoms with van der Waals surface area (Å²) < 4.78 is 21.5. The predicted octanol–water partition coefficient (Wildman–Crippen LogP) is 3.28. The molecule has 0 heterocycles. The quantitative estimate of drug-likeness (QED) is 0.723. The molecule has 0 aliphatic heterocycles. The van der Waals surface area contributed by atoms with Gasteiger partial charge in [-0.1, -0.05) is 12.6 Å². The second-order valence-electron chi connectivity index (χ2n) is 5.59. The number of hydrogen-bond donors (Lipinski definition) is 1. The molecule has 0 aromatic heterocycles. The van der Waals surface area contributed by atoms with Crippen molar-refractivity contribution in [3.63, 3.8) is 0 Å². The first-order valence-corrected chi connectivity index (χ1v) is 8.10. The standard InChI is InChI=1S/C21H23NO5/c1-13(16-11-18(25-3)21(27-5)19(12-16)26-4)14-6-8-17(24-2)15(10-14)7-9-20(22)23/h6-12H,1H2,2-5H3,(H2,22,23)/b9-7+. The van der Waals surface area contributed by atoms with Gasteiger partial charge in [0.15, 0.2) is 11.5 Å². The number of ether oxygens (including phenoxy) is 4. The van der Waals surface area contributed by atoms with Gasteiger partial charge in [0.2, 0.25) is 11.7 Å². The molecule has 0 aliphatic rings. The number of nitrogens with two attached hydrogens (primary N) is 1. The molecule has 0 saturated heterocycles. The van der Waals surface area contributed by atoms with Gasteiger partial charge >= 0.3 is 0 Å². The van der Waals surface area contributed by atoms with Crippen LogP contribution in [0.25, 0.3) is 11.6 Å². The summed E-state index contributed by atoms with van der Waals surface area (Å²) in [7, 11) is 6.23. The average molecular weight is 369 g/mol. The van der Waals surface area contributed by atoms with E-state index < -0.39 is 5.91 Å². The van der Waals surface area contributed by atoms with Gasteiger partial charge in [-0.3, -0.25) is 4.79 Å². The Hall–Kier alpha value is -3.41. The van der Waals surface area contributed by atoms with Gasteiger partial charge in [0.05, 0.1) is 28.4 Å². The van der Waals surface area contributed by atoms with E-state index in [-0.39, 0.29) is 0 Å². The number of carbonyl (C=O) groups is 1. The molecule has 0 aliphatic carbocycles. The van der Waals surface area contributed by atoms with Gasteiger partial charge in [0.25, 0.3) is 0 Å². The first kappa shape index (κ1) is 19.9. The molecule has 6 nitrogen and oxygen atoms in total. The summed E-state index contributed by atoms with van der Waals surface area (Å²) in [4.78, 5) is 11.1. The van der Waals surface area contributed by atoms with Crippen molar-refractivity contribution in [1.82, 2.24) is 0 Å². The molecule has 1 amide bonds. The summed E-state index contributed by atoms with van der Waals surface area (Å²) in [6.07, 6.45) is 2.89. The molecule has 142 valence electrons. The molecule has 0 atom stereocenters. The summed E-state index contributed by atoms with van der Waals surface area (Å²) >= 11 is 0. The van der Waals surface area contributed by atoms with Gasteiger partial charge in [-0.05, 0) is 47.0 Å². The summed E-state index contributed by atoms with van der Waals surface area (Å²) in [5.74, 6) is 1.67. The number of hydrogen-bond acceptors (Lipinski definition) is 5. The van der Waals surface area contributed by atoms with Gasteiger partial charge < -0.3 is 24.7 Å². The number of amides is 1. The van der Waals surface area contributed by atoms with Crippen LogP contribution in [-0.4, -0.2) is 34.3 Å². The smallest absolute Gasteiger partial charge is 0.241 e. The lowest BCUT2D eigenvalue weighted by molar-refractivity contribution is -0.113. The Balaban J connectivity index is 2.51. The molecule has 0 unspecified atom stereocenters. The Labute approximate surface area is 158 Å². The highest BCUT2D eigenvalue weighted by Gasteiger charge is 2.16. The minimum Gasteiger partial charge on any atom is -0.496 e. The van der Waals surface area contributed by atoms with Crippen molar-refractivity contribution in [1.29, 1.82) is 0 Å². The Morgan fingerprint density at radius 3 is 1.96 bits per heavy atom. The van der Waals surface area contributed by atoms with Gasteiger partial charge in [0, 0.05) is 11.6 Å². The monoisotopic (exact) mass is 369 g/mol. The maximum atomic E-state index is 11.1. The summed E-state index contributed by atoms with van der Waals surface area (Å²) in [6.45, 7) is 4.18. The first-order chi connectivity index (χ1) is 12.9. The number of rotatable bonds is 8. The molecule has 2 aromatic rings. The van der Waals surface area contributed by atoms with Gasteiger partial charge in [-0.2, -0.15) is 0 Å². The minimum atomic E-state index is -0.536. The topological polar surface area (TPSA) is 80.0 Å². The van der Waals surface area contributed by atoms with Crippen LogP contribution in [0.15, 0.2) is 43.0 Å². The van der Waals surface area contributed by atoms with Crippen LogP contribution in [0.4, 0.5) is 0 Å². The Bertz CT molecular complexity index is 861. The predicted molar refractivity (Wildman–Crippen MR) is 105 cm³/mol. The average Bonchev–Trinajstić information content (AvgIpc) is 2.69. The SMILES string of the molecule is C=C(c1ccc(OC)c(/C=C/C(N)=O)c1)c1cc(OC)c(OC)c(OC)c1. The van der Waals surface area contributed by atoms with Crippen molar-refractivity contribution in [3.05, 3.63) is 59.7 Å². The van der Waals surface area contributed by atoms with E-state index in [2.05, 4.69) is 6.58 Å². The zero-order valence-corrected chi connectivity index (χ0v) is 15.9. The maximum Gasteiger partial charge on any atom is 0.241 e. The van der Waals surface area contributed by atoms with Crippen LogP contribution in [0, 0.1) is 0 Å². The third kappa shape index (κ3) is 4.41. The highest BCUT2D eigenvalue weighted by Crippen LogP contribution is 2.41. The second kappa shape index (κ2) is 8.80. The molecule has 0 bridgehead atoms. The number of carbonyl (C=O) groups excluding carboxylic acids is 1. The molecule has 0 spiro atoms.